The third kappa shape index (κ3) is 5.25. The van der Waals surface area contributed by atoms with Crippen LogP contribution in [0.2, 0.25) is 0 Å². The number of aromatic carboxylic acids is 1. The summed E-state index contributed by atoms with van der Waals surface area (Å²) < 4.78 is 0. The van der Waals surface area contributed by atoms with Crippen LogP contribution in [0.3, 0.4) is 0 Å². The molecule has 31 heavy (non-hydrogen) atoms. The molecule has 0 fully saturated rings. The number of carboxylic acids is 1. The number of hydrogen-bond acceptors (Lipinski definition) is 1. The second-order valence-corrected chi connectivity index (χ2v) is 9.51. The number of carbonyl (C=O) groups is 1. The fourth-order valence-corrected chi connectivity index (χ4v) is 3.94. The number of allylic oxidation sites excluding steroid dienone is 4. The highest BCUT2D eigenvalue weighted by molar-refractivity contribution is 5.88. The van der Waals surface area contributed by atoms with E-state index in [0.717, 1.165) is 30.4 Å². The normalized spacial score (nSPS) is 15.8. The first kappa shape index (κ1) is 22.8. The lowest BCUT2D eigenvalue weighted by Gasteiger charge is -2.32. The van der Waals surface area contributed by atoms with Crippen molar-refractivity contribution in [2.75, 3.05) is 0 Å². The molecule has 0 aliphatic heterocycles. The van der Waals surface area contributed by atoms with Gasteiger partial charge in [-0.2, -0.15) is 0 Å². The van der Waals surface area contributed by atoms with E-state index in [1.54, 1.807) is 12.1 Å². The summed E-state index contributed by atoms with van der Waals surface area (Å²) >= 11 is 0. The Bertz CT molecular complexity index is 1030. The molecule has 1 aliphatic carbocycles. The van der Waals surface area contributed by atoms with Crippen molar-refractivity contribution in [2.45, 2.75) is 59.3 Å². The second-order valence-electron chi connectivity index (χ2n) is 9.51. The first-order valence-electron chi connectivity index (χ1n) is 11.2. The SMILES string of the molecule is CCC(C)(C=CC1=CCC(C)(C)c2ccc(C=Cc3ccc(C(=O)O)cc3)cc21)CC. The van der Waals surface area contributed by atoms with Gasteiger partial charge in [0.15, 0.2) is 0 Å². The van der Waals surface area contributed by atoms with Crippen LogP contribution in [0.15, 0.2) is 60.7 Å². The average Bonchev–Trinajstić information content (AvgIpc) is 2.77. The van der Waals surface area contributed by atoms with Crippen molar-refractivity contribution < 1.29 is 9.90 Å². The van der Waals surface area contributed by atoms with Crippen molar-refractivity contribution >= 4 is 23.7 Å². The summed E-state index contributed by atoms with van der Waals surface area (Å²) in [6.07, 6.45) is 14.5. The average molecular weight is 415 g/mol. The van der Waals surface area contributed by atoms with Crippen molar-refractivity contribution in [2.24, 2.45) is 5.41 Å². The maximum atomic E-state index is 11.0. The molecule has 0 saturated heterocycles. The zero-order valence-electron chi connectivity index (χ0n) is 19.4. The fraction of sp³-hybridized carbons (Fsp3) is 0.345. The lowest BCUT2D eigenvalue weighted by molar-refractivity contribution is 0.0697. The monoisotopic (exact) mass is 414 g/mol. The predicted molar refractivity (Wildman–Crippen MR) is 132 cm³/mol. The quantitative estimate of drug-likeness (QED) is 0.466. The highest BCUT2D eigenvalue weighted by atomic mass is 16.4. The summed E-state index contributed by atoms with van der Waals surface area (Å²) in [5.41, 5.74) is 6.81. The van der Waals surface area contributed by atoms with Gasteiger partial charge in [0.2, 0.25) is 0 Å². The van der Waals surface area contributed by atoms with Gasteiger partial charge in [-0.3, -0.25) is 0 Å². The van der Waals surface area contributed by atoms with E-state index in [1.165, 1.54) is 16.7 Å². The highest BCUT2D eigenvalue weighted by Gasteiger charge is 2.27. The van der Waals surface area contributed by atoms with Crippen LogP contribution >= 0.6 is 0 Å². The molecule has 2 aromatic rings. The van der Waals surface area contributed by atoms with Gasteiger partial charge in [-0.15, -0.1) is 0 Å². The van der Waals surface area contributed by atoms with Crippen molar-refractivity contribution in [3.05, 3.63) is 88.5 Å². The van der Waals surface area contributed by atoms with Crippen LogP contribution in [-0.2, 0) is 5.41 Å². The molecular weight excluding hydrogens is 380 g/mol. The maximum absolute atomic E-state index is 11.0. The Morgan fingerprint density at radius 2 is 1.61 bits per heavy atom. The standard InChI is InChI=1S/C29H34O2/c1-6-29(5,7-2)19-17-23-16-18-28(3,4)26-15-12-22(20-25(23)26)9-8-21-10-13-24(14-11-21)27(30)31/h8-17,19-20H,6-7,18H2,1-5H3,(H,30,31). The number of benzene rings is 2. The molecule has 0 heterocycles. The molecule has 0 amide bonds. The van der Waals surface area contributed by atoms with Crippen molar-refractivity contribution in [3.63, 3.8) is 0 Å². The topological polar surface area (TPSA) is 37.3 Å². The molecule has 0 bridgehead atoms. The summed E-state index contributed by atoms with van der Waals surface area (Å²) in [5.74, 6) is -0.901. The van der Waals surface area contributed by atoms with Crippen LogP contribution in [0.1, 0.15) is 86.5 Å². The molecule has 3 rings (SSSR count). The summed E-state index contributed by atoms with van der Waals surface area (Å²) in [7, 11) is 0. The van der Waals surface area contributed by atoms with Gasteiger partial charge in [0.1, 0.15) is 0 Å². The summed E-state index contributed by atoms with van der Waals surface area (Å²) in [6, 6.07) is 13.7. The van der Waals surface area contributed by atoms with Crippen LogP contribution in [0, 0.1) is 5.41 Å². The Balaban J connectivity index is 1.92. The van der Waals surface area contributed by atoms with Gasteiger partial charge in [-0.25, -0.2) is 4.79 Å². The van der Waals surface area contributed by atoms with E-state index in [0.29, 0.717) is 5.56 Å². The highest BCUT2D eigenvalue weighted by Crippen LogP contribution is 2.40. The molecule has 2 aromatic carbocycles. The van der Waals surface area contributed by atoms with E-state index in [1.807, 2.05) is 18.2 Å². The molecule has 0 aromatic heterocycles. The summed E-state index contributed by atoms with van der Waals surface area (Å²) in [6.45, 7) is 11.5. The number of fused-ring (bicyclic) bond motifs is 1. The van der Waals surface area contributed by atoms with E-state index in [9.17, 15) is 4.79 Å². The lowest BCUT2D eigenvalue weighted by atomic mass is 9.72. The van der Waals surface area contributed by atoms with E-state index < -0.39 is 5.97 Å². The van der Waals surface area contributed by atoms with E-state index in [2.05, 4.69) is 77.1 Å². The predicted octanol–water partition coefficient (Wildman–Crippen LogP) is 8.00. The van der Waals surface area contributed by atoms with Gasteiger partial charge in [0.05, 0.1) is 5.56 Å². The van der Waals surface area contributed by atoms with Crippen LogP contribution in [0.4, 0.5) is 0 Å². The van der Waals surface area contributed by atoms with Gasteiger partial charge in [0.25, 0.3) is 0 Å². The number of hydrogen-bond donors (Lipinski definition) is 1. The number of carboxylic acid groups (broad SMARTS) is 1. The Morgan fingerprint density at radius 3 is 2.23 bits per heavy atom. The second kappa shape index (κ2) is 9.09. The zero-order chi connectivity index (χ0) is 22.6. The summed E-state index contributed by atoms with van der Waals surface area (Å²) in [5, 5.41) is 9.06. The van der Waals surface area contributed by atoms with Crippen molar-refractivity contribution in [3.8, 4) is 0 Å². The molecule has 0 saturated carbocycles. The van der Waals surface area contributed by atoms with Gasteiger partial charge < -0.3 is 5.11 Å². The largest absolute Gasteiger partial charge is 0.478 e. The lowest BCUT2D eigenvalue weighted by Crippen LogP contribution is -2.21. The molecule has 162 valence electrons. The Labute approximate surface area is 187 Å². The summed E-state index contributed by atoms with van der Waals surface area (Å²) in [4.78, 5) is 11.0. The van der Waals surface area contributed by atoms with Crippen LogP contribution in [-0.4, -0.2) is 11.1 Å². The first-order chi connectivity index (χ1) is 14.7. The smallest absolute Gasteiger partial charge is 0.335 e. The Kier molecular flexibility index (Phi) is 6.69. The molecule has 1 aliphatic rings. The number of rotatable bonds is 7. The van der Waals surface area contributed by atoms with Crippen molar-refractivity contribution in [1.82, 2.24) is 0 Å². The molecule has 2 heteroatoms. The Morgan fingerprint density at radius 1 is 1.00 bits per heavy atom. The van der Waals surface area contributed by atoms with Gasteiger partial charge >= 0.3 is 5.97 Å². The minimum absolute atomic E-state index is 0.125. The molecule has 1 N–H and O–H groups in total. The van der Waals surface area contributed by atoms with E-state index >= 15 is 0 Å². The minimum atomic E-state index is -0.901. The van der Waals surface area contributed by atoms with Gasteiger partial charge in [0, 0.05) is 0 Å². The Hall–Kier alpha value is -2.87. The first-order valence-corrected chi connectivity index (χ1v) is 11.2. The fourth-order valence-electron chi connectivity index (χ4n) is 3.94. The van der Waals surface area contributed by atoms with Crippen LogP contribution < -0.4 is 0 Å². The van der Waals surface area contributed by atoms with E-state index in [4.69, 9.17) is 5.11 Å². The van der Waals surface area contributed by atoms with Crippen LogP contribution in [0.5, 0.6) is 0 Å². The van der Waals surface area contributed by atoms with Gasteiger partial charge in [-0.1, -0.05) is 89.3 Å². The molecular formula is C29H34O2. The van der Waals surface area contributed by atoms with Crippen molar-refractivity contribution in [1.29, 1.82) is 0 Å². The third-order valence-electron chi connectivity index (χ3n) is 6.82. The molecule has 2 nitrogen and oxygen atoms in total. The van der Waals surface area contributed by atoms with Crippen LogP contribution in [0.25, 0.3) is 17.7 Å². The maximum Gasteiger partial charge on any atom is 0.335 e. The zero-order valence-corrected chi connectivity index (χ0v) is 19.4. The third-order valence-corrected chi connectivity index (χ3v) is 6.82. The molecule has 0 unspecified atom stereocenters. The minimum Gasteiger partial charge on any atom is -0.478 e. The molecule has 0 spiro atoms. The molecule has 0 radical (unpaired) electrons. The van der Waals surface area contributed by atoms with E-state index in [-0.39, 0.29) is 10.8 Å². The molecule has 0 atom stereocenters. The van der Waals surface area contributed by atoms with Gasteiger partial charge in [-0.05, 0) is 76.1 Å².